The molecule has 0 atom stereocenters. The van der Waals surface area contributed by atoms with E-state index in [1.807, 2.05) is 60.7 Å². The van der Waals surface area contributed by atoms with Gasteiger partial charge in [0.2, 0.25) is 0 Å². The van der Waals surface area contributed by atoms with Gasteiger partial charge in [-0.2, -0.15) is 0 Å². The molecule has 5 nitrogen and oxygen atoms in total. The number of para-hydroxylation sites is 1. The lowest BCUT2D eigenvalue weighted by Crippen LogP contribution is -2.00. The number of fused-ring (bicyclic) bond motifs is 8. The summed E-state index contributed by atoms with van der Waals surface area (Å²) in [5, 5.41) is 9.00. The summed E-state index contributed by atoms with van der Waals surface area (Å²) in [7, 11) is 0. The average Bonchev–Trinajstić information content (AvgIpc) is 3.85. The fraction of sp³-hybridized carbons (Fsp3) is 0. The minimum atomic E-state index is 0.599. The molecule has 270 valence electrons. The summed E-state index contributed by atoms with van der Waals surface area (Å²) in [6.07, 6.45) is 0. The Kier molecular flexibility index (Phi) is 7.16. The minimum Gasteiger partial charge on any atom is -0.456 e. The predicted octanol–water partition coefficient (Wildman–Crippen LogP) is 14.3. The van der Waals surface area contributed by atoms with Crippen molar-refractivity contribution in [2.24, 2.45) is 0 Å². The van der Waals surface area contributed by atoms with Crippen LogP contribution in [0.2, 0.25) is 0 Å². The van der Waals surface area contributed by atoms with E-state index in [0.717, 1.165) is 88.2 Å². The number of benzene rings is 9. The molecule has 0 spiro atoms. The molecular formula is C53H31N3O2. The molecule has 58 heavy (non-hydrogen) atoms. The topological polar surface area (TPSA) is 65.0 Å². The maximum Gasteiger partial charge on any atom is 0.164 e. The first-order valence-corrected chi connectivity index (χ1v) is 19.4. The highest BCUT2D eigenvalue weighted by Gasteiger charge is 2.19. The van der Waals surface area contributed by atoms with Gasteiger partial charge >= 0.3 is 0 Å². The number of rotatable bonds is 5. The molecule has 0 saturated heterocycles. The highest BCUT2D eigenvalue weighted by molar-refractivity contribution is 6.17. The third-order valence-corrected chi connectivity index (χ3v) is 11.3. The van der Waals surface area contributed by atoms with Crippen LogP contribution in [0.4, 0.5) is 0 Å². The maximum absolute atomic E-state index is 6.71. The summed E-state index contributed by atoms with van der Waals surface area (Å²) >= 11 is 0. The molecule has 0 unspecified atom stereocenters. The van der Waals surface area contributed by atoms with E-state index in [4.69, 9.17) is 23.8 Å². The van der Waals surface area contributed by atoms with Gasteiger partial charge in [0.1, 0.15) is 22.3 Å². The van der Waals surface area contributed by atoms with Crippen molar-refractivity contribution < 1.29 is 8.83 Å². The van der Waals surface area contributed by atoms with E-state index in [1.54, 1.807) is 0 Å². The monoisotopic (exact) mass is 741 g/mol. The molecule has 12 aromatic rings. The first kappa shape index (κ1) is 32.4. The smallest absolute Gasteiger partial charge is 0.164 e. The summed E-state index contributed by atoms with van der Waals surface area (Å²) in [4.78, 5) is 15.2. The molecule has 0 bridgehead atoms. The summed E-state index contributed by atoms with van der Waals surface area (Å²) in [6.45, 7) is 0. The number of aromatic nitrogens is 3. The predicted molar refractivity (Wildman–Crippen MR) is 237 cm³/mol. The lowest BCUT2D eigenvalue weighted by atomic mass is 9.91. The number of hydrogen-bond donors (Lipinski definition) is 0. The number of furan rings is 2. The van der Waals surface area contributed by atoms with E-state index in [9.17, 15) is 0 Å². The Morgan fingerprint density at radius 2 is 0.862 bits per heavy atom. The number of hydrogen-bond acceptors (Lipinski definition) is 5. The van der Waals surface area contributed by atoms with E-state index >= 15 is 0 Å². The standard InChI is InChI=1S/C53H31N3O2/c1-2-12-34(13-3-1)51-54-52(56-53(55-51)38-25-26-47-44(28-38)42-18-8-9-20-46(42)57-47)35-23-21-33(22-24-35)43-29-39(41-19-10-16-32-11-6-7-17-40(32)41)31-49-50(43)45-27-36-14-4-5-15-37(36)30-48(45)58-49/h1-31H. The normalized spacial score (nSPS) is 11.8. The highest BCUT2D eigenvalue weighted by Crippen LogP contribution is 2.43. The Balaban J connectivity index is 1.03. The van der Waals surface area contributed by atoms with Crippen LogP contribution < -0.4 is 0 Å². The van der Waals surface area contributed by atoms with Crippen LogP contribution in [0.5, 0.6) is 0 Å². The van der Waals surface area contributed by atoms with Crippen molar-refractivity contribution in [3.63, 3.8) is 0 Å². The van der Waals surface area contributed by atoms with Crippen LogP contribution in [0.15, 0.2) is 197 Å². The molecule has 0 aliphatic carbocycles. The number of nitrogens with zero attached hydrogens (tertiary/aromatic N) is 3. The molecule has 0 fully saturated rings. The Morgan fingerprint density at radius 1 is 0.276 bits per heavy atom. The van der Waals surface area contributed by atoms with Gasteiger partial charge in [-0.1, -0.05) is 140 Å². The molecule has 0 amide bonds. The van der Waals surface area contributed by atoms with Gasteiger partial charge in [-0.05, 0) is 92.3 Å². The first-order chi connectivity index (χ1) is 28.7. The second-order valence-corrected chi connectivity index (χ2v) is 14.8. The molecule has 0 saturated carbocycles. The van der Waals surface area contributed by atoms with Crippen LogP contribution in [0, 0.1) is 0 Å². The van der Waals surface area contributed by atoms with Crippen molar-refractivity contribution in [2.75, 3.05) is 0 Å². The zero-order valence-corrected chi connectivity index (χ0v) is 31.1. The lowest BCUT2D eigenvalue weighted by molar-refractivity contribution is 0.669. The summed E-state index contributed by atoms with van der Waals surface area (Å²) in [5.74, 6) is 1.81. The van der Waals surface area contributed by atoms with Crippen molar-refractivity contribution in [3.05, 3.63) is 188 Å². The van der Waals surface area contributed by atoms with Gasteiger partial charge in [0.15, 0.2) is 17.5 Å². The SMILES string of the molecule is c1ccc(-c2nc(-c3ccc(-c4cc(-c5cccc6ccccc56)cc5oc6cc7ccccc7cc6c45)cc3)nc(-c3ccc4oc5ccccc5c4c3)n2)cc1. The molecule has 9 aromatic carbocycles. The van der Waals surface area contributed by atoms with Gasteiger partial charge in [0.05, 0.1) is 0 Å². The van der Waals surface area contributed by atoms with Gasteiger partial charge in [0.25, 0.3) is 0 Å². The zero-order valence-electron chi connectivity index (χ0n) is 31.1. The third-order valence-electron chi connectivity index (χ3n) is 11.3. The Hall–Kier alpha value is -7.89. The summed E-state index contributed by atoms with van der Waals surface area (Å²) in [6, 6.07) is 65.3. The Labute approximate surface area is 332 Å². The fourth-order valence-electron chi connectivity index (χ4n) is 8.47. The Morgan fingerprint density at radius 3 is 1.67 bits per heavy atom. The van der Waals surface area contributed by atoms with Gasteiger partial charge < -0.3 is 8.83 Å². The van der Waals surface area contributed by atoms with E-state index in [0.29, 0.717) is 17.5 Å². The van der Waals surface area contributed by atoms with Crippen molar-refractivity contribution >= 4 is 65.4 Å². The molecule has 0 N–H and O–H groups in total. The first-order valence-electron chi connectivity index (χ1n) is 19.4. The van der Waals surface area contributed by atoms with E-state index in [2.05, 4.69) is 127 Å². The zero-order chi connectivity index (χ0) is 38.2. The van der Waals surface area contributed by atoms with E-state index in [-0.39, 0.29) is 0 Å². The highest BCUT2D eigenvalue weighted by atomic mass is 16.3. The lowest BCUT2D eigenvalue weighted by Gasteiger charge is -2.12. The van der Waals surface area contributed by atoms with Gasteiger partial charge in [-0.15, -0.1) is 0 Å². The second-order valence-electron chi connectivity index (χ2n) is 14.8. The van der Waals surface area contributed by atoms with Crippen LogP contribution in [0.25, 0.3) is 122 Å². The second kappa shape index (κ2) is 12.8. The summed E-state index contributed by atoms with van der Waals surface area (Å²) in [5.41, 5.74) is 10.5. The fourth-order valence-corrected chi connectivity index (χ4v) is 8.47. The molecule has 5 heteroatoms. The van der Waals surface area contributed by atoms with Crippen molar-refractivity contribution in [3.8, 4) is 56.4 Å². The van der Waals surface area contributed by atoms with Crippen molar-refractivity contribution in [1.29, 1.82) is 0 Å². The van der Waals surface area contributed by atoms with Crippen molar-refractivity contribution in [1.82, 2.24) is 15.0 Å². The maximum atomic E-state index is 6.71. The van der Waals surface area contributed by atoms with Gasteiger partial charge in [-0.3, -0.25) is 0 Å². The van der Waals surface area contributed by atoms with Gasteiger partial charge in [0, 0.05) is 38.2 Å². The molecule has 0 aliphatic heterocycles. The van der Waals surface area contributed by atoms with E-state index in [1.165, 1.54) is 16.2 Å². The van der Waals surface area contributed by atoms with Crippen LogP contribution in [-0.4, -0.2) is 15.0 Å². The third kappa shape index (κ3) is 5.29. The molecule has 0 aliphatic rings. The molecular weight excluding hydrogens is 711 g/mol. The average molecular weight is 742 g/mol. The van der Waals surface area contributed by atoms with Crippen LogP contribution >= 0.6 is 0 Å². The van der Waals surface area contributed by atoms with Crippen molar-refractivity contribution in [2.45, 2.75) is 0 Å². The largest absolute Gasteiger partial charge is 0.456 e. The molecule has 0 radical (unpaired) electrons. The van der Waals surface area contributed by atoms with Crippen LogP contribution in [0.1, 0.15) is 0 Å². The molecule has 12 rings (SSSR count). The molecule has 3 heterocycles. The van der Waals surface area contributed by atoms with Gasteiger partial charge in [-0.25, -0.2) is 15.0 Å². The Bertz CT molecular complexity index is 3560. The van der Waals surface area contributed by atoms with E-state index < -0.39 is 0 Å². The molecule has 3 aromatic heterocycles. The van der Waals surface area contributed by atoms with Crippen LogP contribution in [0.3, 0.4) is 0 Å². The minimum absolute atomic E-state index is 0.599. The summed E-state index contributed by atoms with van der Waals surface area (Å²) < 4.78 is 12.8. The quantitative estimate of drug-likeness (QED) is 0.176. The van der Waals surface area contributed by atoms with Crippen LogP contribution in [-0.2, 0) is 0 Å².